The van der Waals surface area contributed by atoms with E-state index in [0.29, 0.717) is 11.3 Å². The van der Waals surface area contributed by atoms with E-state index in [1.165, 1.54) is 4.90 Å². The number of carbonyl (C=O) groups is 1. The van der Waals surface area contributed by atoms with E-state index in [9.17, 15) is 18.0 Å². The van der Waals surface area contributed by atoms with Crippen molar-refractivity contribution in [1.29, 1.82) is 0 Å². The first-order chi connectivity index (χ1) is 12.4. The van der Waals surface area contributed by atoms with Crippen LogP contribution in [0.25, 0.3) is 6.08 Å². The highest BCUT2D eigenvalue weighted by Crippen LogP contribution is 2.34. The van der Waals surface area contributed by atoms with Gasteiger partial charge in [0.1, 0.15) is 12.4 Å². The van der Waals surface area contributed by atoms with Gasteiger partial charge in [0.25, 0.3) is 5.91 Å². The number of hydrogen-bond donors (Lipinski definition) is 0. The Morgan fingerprint density at radius 1 is 1.23 bits per heavy atom. The maximum Gasteiger partial charge on any atom is 0.451 e. The second-order valence-electron chi connectivity index (χ2n) is 6.20. The Hall–Kier alpha value is -2.84. The first kappa shape index (κ1) is 16.6. The van der Waals surface area contributed by atoms with Gasteiger partial charge in [0, 0.05) is 18.7 Å². The summed E-state index contributed by atoms with van der Waals surface area (Å²) in [5.74, 6) is -0.463. The Kier molecular flexibility index (Phi) is 3.74. The van der Waals surface area contributed by atoms with Crippen molar-refractivity contribution < 1.29 is 22.7 Å². The number of hydrogen-bond acceptors (Lipinski definition) is 4. The van der Waals surface area contributed by atoms with Crippen LogP contribution >= 0.6 is 0 Å². The third kappa shape index (κ3) is 2.63. The molecule has 136 valence electrons. The van der Waals surface area contributed by atoms with E-state index in [4.69, 9.17) is 4.74 Å². The van der Waals surface area contributed by atoms with Gasteiger partial charge in [-0.2, -0.15) is 13.2 Å². The highest BCUT2D eigenvalue weighted by Gasteiger charge is 2.42. The summed E-state index contributed by atoms with van der Waals surface area (Å²) in [5.41, 5.74) is 1.26. The second kappa shape index (κ2) is 5.86. The van der Waals surface area contributed by atoms with Gasteiger partial charge in [-0.15, -0.1) is 10.2 Å². The number of alkyl halides is 3. The maximum absolute atomic E-state index is 13.0. The summed E-state index contributed by atoms with van der Waals surface area (Å²) in [4.78, 5) is 14.4. The summed E-state index contributed by atoms with van der Waals surface area (Å²) in [5, 5.41) is 6.93. The zero-order valence-electron chi connectivity index (χ0n) is 13.8. The van der Waals surface area contributed by atoms with Gasteiger partial charge in [-0.25, -0.2) is 0 Å². The molecule has 2 aliphatic heterocycles. The number of halogens is 3. The Labute approximate surface area is 146 Å². The molecule has 2 aromatic rings. The molecule has 0 saturated carbocycles. The summed E-state index contributed by atoms with van der Waals surface area (Å²) >= 11 is 0. The molecule has 1 aromatic heterocycles. The van der Waals surface area contributed by atoms with E-state index >= 15 is 0 Å². The van der Waals surface area contributed by atoms with Crippen molar-refractivity contribution in [3.8, 4) is 5.75 Å². The van der Waals surface area contributed by atoms with Gasteiger partial charge in [0.05, 0.1) is 11.6 Å². The molecule has 6 nitrogen and oxygen atoms in total. The van der Waals surface area contributed by atoms with Crippen LogP contribution in [0.5, 0.6) is 5.75 Å². The molecule has 0 N–H and O–H groups in total. The minimum absolute atomic E-state index is 0.00200. The third-order valence-corrected chi connectivity index (χ3v) is 4.61. The quantitative estimate of drug-likeness (QED) is 0.781. The molecule has 1 unspecified atom stereocenters. The summed E-state index contributed by atoms with van der Waals surface area (Å²) in [6.07, 6.45) is -2.81. The summed E-state index contributed by atoms with van der Waals surface area (Å²) in [6.45, 7) is 1.92. The van der Waals surface area contributed by atoms with E-state index in [0.717, 1.165) is 10.1 Å². The summed E-state index contributed by atoms with van der Waals surface area (Å²) in [7, 11) is 0. The topological polar surface area (TPSA) is 60.2 Å². The van der Waals surface area contributed by atoms with Crippen LogP contribution in [0.15, 0.2) is 29.8 Å². The number of benzene rings is 1. The average Bonchev–Trinajstić information content (AvgIpc) is 3.06. The zero-order chi connectivity index (χ0) is 18.5. The number of ether oxygens (including phenoxy) is 1. The molecule has 1 amide bonds. The number of rotatable bonds is 1. The Morgan fingerprint density at radius 3 is 2.77 bits per heavy atom. The number of carbonyl (C=O) groups excluding carboxylic acids is 1. The van der Waals surface area contributed by atoms with Gasteiger partial charge < -0.3 is 14.2 Å². The fraction of sp³-hybridized carbons (Fsp3) is 0.353. The minimum atomic E-state index is -4.57. The molecule has 1 aromatic carbocycles. The van der Waals surface area contributed by atoms with Crippen LogP contribution in [0.1, 0.15) is 30.2 Å². The van der Waals surface area contributed by atoms with Crippen LogP contribution in [0.3, 0.4) is 0 Å². The smallest absolute Gasteiger partial charge is 0.451 e. The lowest BCUT2D eigenvalue weighted by Crippen LogP contribution is -2.43. The third-order valence-electron chi connectivity index (χ3n) is 4.61. The molecule has 9 heteroatoms. The number of aromatic nitrogens is 3. The minimum Gasteiger partial charge on any atom is -0.488 e. The van der Waals surface area contributed by atoms with Crippen LogP contribution < -0.4 is 4.74 Å². The van der Waals surface area contributed by atoms with Gasteiger partial charge in [0.2, 0.25) is 5.82 Å². The Morgan fingerprint density at radius 2 is 2.00 bits per heavy atom. The van der Waals surface area contributed by atoms with Crippen molar-refractivity contribution in [2.75, 3.05) is 13.2 Å². The number of fused-ring (bicyclic) bond motifs is 2. The molecule has 0 fully saturated rings. The Balaban J connectivity index is 1.61. The lowest BCUT2D eigenvalue weighted by molar-refractivity contribution is -0.148. The molecule has 3 heterocycles. The molecular formula is C17H15F3N4O2. The molecule has 26 heavy (non-hydrogen) atoms. The highest BCUT2D eigenvalue weighted by molar-refractivity contribution is 5.99. The zero-order valence-corrected chi connectivity index (χ0v) is 13.8. The van der Waals surface area contributed by atoms with Crippen molar-refractivity contribution in [3.05, 3.63) is 47.1 Å². The lowest BCUT2D eigenvalue weighted by atomic mass is 10.1. The van der Waals surface area contributed by atoms with Gasteiger partial charge in [-0.3, -0.25) is 4.79 Å². The number of nitrogens with zero attached hydrogens (tertiary/aromatic N) is 4. The largest absolute Gasteiger partial charge is 0.488 e. The van der Waals surface area contributed by atoms with Crippen LogP contribution in [0.2, 0.25) is 0 Å². The molecule has 2 aliphatic rings. The first-order valence-electron chi connectivity index (χ1n) is 8.10. The molecule has 0 radical (unpaired) electrons. The molecule has 0 aliphatic carbocycles. The van der Waals surface area contributed by atoms with E-state index in [1.54, 1.807) is 13.0 Å². The number of amides is 1. The van der Waals surface area contributed by atoms with E-state index in [1.807, 2.05) is 24.3 Å². The lowest BCUT2D eigenvalue weighted by Gasteiger charge is -2.34. The van der Waals surface area contributed by atoms with E-state index in [-0.39, 0.29) is 31.4 Å². The fourth-order valence-electron chi connectivity index (χ4n) is 3.30. The molecular weight excluding hydrogens is 349 g/mol. The molecule has 0 saturated heterocycles. The summed E-state index contributed by atoms with van der Waals surface area (Å²) < 4.78 is 45.6. The van der Waals surface area contributed by atoms with Gasteiger partial charge >= 0.3 is 6.18 Å². The molecule has 1 atom stereocenters. The predicted octanol–water partition coefficient (Wildman–Crippen LogP) is 2.68. The van der Waals surface area contributed by atoms with Crippen LogP contribution in [0, 0.1) is 0 Å². The van der Waals surface area contributed by atoms with Gasteiger partial charge in [0.15, 0.2) is 5.82 Å². The van der Waals surface area contributed by atoms with Crippen molar-refractivity contribution >= 4 is 12.0 Å². The van der Waals surface area contributed by atoms with E-state index in [2.05, 4.69) is 10.2 Å². The van der Waals surface area contributed by atoms with Crippen molar-refractivity contribution in [2.24, 2.45) is 0 Å². The van der Waals surface area contributed by atoms with Gasteiger partial charge in [-0.05, 0) is 19.1 Å². The standard InChI is InChI=1S/C17H15F3N4O2/c1-10-14-21-22-16(17(18,19)20)24(14)7-6-23(10)15(25)12-8-11-4-2-3-5-13(11)26-9-12/h2-5,8,10H,6-7,9H2,1H3. The van der Waals surface area contributed by atoms with Crippen LogP contribution in [-0.2, 0) is 17.5 Å². The first-order valence-corrected chi connectivity index (χ1v) is 8.10. The molecule has 4 rings (SSSR count). The Bertz CT molecular complexity index is 904. The van der Waals surface area contributed by atoms with Crippen molar-refractivity contribution in [2.45, 2.75) is 25.7 Å². The monoisotopic (exact) mass is 364 g/mol. The van der Waals surface area contributed by atoms with Crippen molar-refractivity contribution in [3.63, 3.8) is 0 Å². The van der Waals surface area contributed by atoms with Crippen molar-refractivity contribution in [1.82, 2.24) is 19.7 Å². The summed E-state index contributed by atoms with van der Waals surface area (Å²) in [6, 6.07) is 6.73. The fourth-order valence-corrected chi connectivity index (χ4v) is 3.30. The van der Waals surface area contributed by atoms with Crippen LogP contribution in [-0.4, -0.2) is 38.7 Å². The molecule has 0 spiro atoms. The second-order valence-corrected chi connectivity index (χ2v) is 6.20. The maximum atomic E-state index is 13.0. The SMILES string of the molecule is CC1c2nnc(C(F)(F)F)n2CCN1C(=O)C1=Cc2ccccc2OC1. The average molecular weight is 364 g/mol. The highest BCUT2D eigenvalue weighted by atomic mass is 19.4. The number of para-hydroxylation sites is 1. The van der Waals surface area contributed by atoms with Gasteiger partial charge in [-0.1, -0.05) is 18.2 Å². The molecule has 0 bridgehead atoms. The predicted molar refractivity (Wildman–Crippen MR) is 85.1 cm³/mol. The van der Waals surface area contributed by atoms with Crippen LogP contribution in [0.4, 0.5) is 13.2 Å². The van der Waals surface area contributed by atoms with E-state index < -0.39 is 18.0 Å². The normalized spacial score (nSPS) is 19.3.